The van der Waals surface area contributed by atoms with Gasteiger partial charge in [-0.1, -0.05) is 6.92 Å². The van der Waals surface area contributed by atoms with Crippen LogP contribution in [0.25, 0.3) is 0 Å². The number of nitrogens with one attached hydrogen (secondary N) is 2. The van der Waals surface area contributed by atoms with Gasteiger partial charge >= 0.3 is 0 Å². The molecule has 0 aromatic rings. The molecule has 0 spiro atoms. The third-order valence-electron chi connectivity index (χ3n) is 4.35. The summed E-state index contributed by atoms with van der Waals surface area (Å²) in [5, 5.41) is 6.76. The lowest BCUT2D eigenvalue weighted by Crippen LogP contribution is -2.42. The molecule has 1 aliphatic heterocycles. The lowest BCUT2D eigenvalue weighted by atomic mass is 10.3. The van der Waals surface area contributed by atoms with E-state index in [0.29, 0.717) is 12.0 Å². The van der Waals surface area contributed by atoms with Crippen molar-refractivity contribution in [3.8, 4) is 0 Å². The van der Waals surface area contributed by atoms with Gasteiger partial charge in [-0.3, -0.25) is 9.69 Å². The van der Waals surface area contributed by atoms with E-state index in [0.717, 1.165) is 51.8 Å². The Balaban J connectivity index is 1.70. The summed E-state index contributed by atoms with van der Waals surface area (Å²) in [6.07, 6.45) is 2.23. The van der Waals surface area contributed by atoms with Gasteiger partial charge in [-0.2, -0.15) is 0 Å². The Morgan fingerprint density at radius 2 is 2.04 bits per heavy atom. The molecule has 2 atom stereocenters. The fraction of sp³-hybridized carbons (Fsp3) is 0.875. The highest BCUT2D eigenvalue weighted by atomic mass is 16.5. The Labute approximate surface area is 139 Å². The fourth-order valence-corrected chi connectivity index (χ4v) is 2.47. The van der Waals surface area contributed by atoms with E-state index in [9.17, 15) is 4.79 Å². The maximum absolute atomic E-state index is 11.7. The van der Waals surface area contributed by atoms with E-state index >= 15 is 0 Å². The zero-order valence-corrected chi connectivity index (χ0v) is 14.7. The Hall–Kier alpha value is -1.34. The monoisotopic (exact) mass is 325 g/mol. The van der Waals surface area contributed by atoms with Gasteiger partial charge in [0.2, 0.25) is 5.91 Å². The van der Waals surface area contributed by atoms with Crippen LogP contribution in [0.5, 0.6) is 0 Å². The molecule has 1 saturated carbocycles. The topological polar surface area (TPSA) is 69.2 Å². The third-order valence-corrected chi connectivity index (χ3v) is 4.35. The number of morpholine rings is 1. The average Bonchev–Trinajstić information content (AvgIpc) is 3.24. The zero-order valence-electron chi connectivity index (χ0n) is 14.7. The molecule has 132 valence electrons. The quantitative estimate of drug-likeness (QED) is 0.383. The molecule has 2 rings (SSSR count). The number of hydrogen-bond donors (Lipinski definition) is 2. The maximum atomic E-state index is 11.7. The second-order valence-corrected chi connectivity index (χ2v) is 6.65. The number of guanidine groups is 1. The van der Waals surface area contributed by atoms with E-state index in [1.807, 2.05) is 0 Å². The van der Waals surface area contributed by atoms with Crippen molar-refractivity contribution in [1.82, 2.24) is 20.4 Å². The van der Waals surface area contributed by atoms with Crippen LogP contribution >= 0.6 is 0 Å². The predicted molar refractivity (Wildman–Crippen MR) is 91.6 cm³/mol. The van der Waals surface area contributed by atoms with Crippen molar-refractivity contribution in [2.45, 2.75) is 25.8 Å². The van der Waals surface area contributed by atoms with Crippen molar-refractivity contribution in [3.05, 3.63) is 0 Å². The van der Waals surface area contributed by atoms with E-state index in [1.165, 1.54) is 6.42 Å². The highest BCUT2D eigenvalue weighted by Crippen LogP contribution is 2.28. The van der Waals surface area contributed by atoms with Gasteiger partial charge in [0.15, 0.2) is 5.96 Å². The molecule has 2 aliphatic rings. The minimum atomic E-state index is 0.0169. The van der Waals surface area contributed by atoms with Crippen LogP contribution < -0.4 is 10.6 Å². The van der Waals surface area contributed by atoms with Gasteiger partial charge in [-0.15, -0.1) is 0 Å². The van der Waals surface area contributed by atoms with Gasteiger partial charge in [0.05, 0.1) is 13.2 Å². The first-order valence-corrected chi connectivity index (χ1v) is 8.61. The predicted octanol–water partition coefficient (Wildman–Crippen LogP) is -0.259. The molecule has 1 saturated heterocycles. The fourth-order valence-electron chi connectivity index (χ4n) is 2.47. The summed E-state index contributed by atoms with van der Waals surface area (Å²) in [6.45, 7) is 8.07. The third kappa shape index (κ3) is 6.74. The zero-order chi connectivity index (χ0) is 16.7. The number of hydrogen-bond acceptors (Lipinski definition) is 4. The first-order valence-electron chi connectivity index (χ1n) is 8.61. The molecular weight excluding hydrogens is 294 g/mol. The molecule has 0 radical (unpaired) electrons. The van der Waals surface area contributed by atoms with Crippen LogP contribution in [0.2, 0.25) is 0 Å². The van der Waals surface area contributed by atoms with Crippen LogP contribution in [0.4, 0.5) is 0 Å². The highest BCUT2D eigenvalue weighted by Gasteiger charge is 2.33. The number of ether oxygens (including phenoxy) is 1. The van der Waals surface area contributed by atoms with Crippen molar-refractivity contribution in [2.75, 3.05) is 60.0 Å². The Bertz CT molecular complexity index is 407. The summed E-state index contributed by atoms with van der Waals surface area (Å²) < 4.78 is 5.36. The summed E-state index contributed by atoms with van der Waals surface area (Å²) in [7, 11) is 3.51. The van der Waals surface area contributed by atoms with Crippen molar-refractivity contribution in [1.29, 1.82) is 0 Å². The van der Waals surface area contributed by atoms with Crippen LogP contribution in [-0.2, 0) is 9.53 Å². The van der Waals surface area contributed by atoms with Gasteiger partial charge in [-0.05, 0) is 25.3 Å². The normalized spacial score (nSPS) is 25.1. The van der Waals surface area contributed by atoms with Crippen LogP contribution in [0.15, 0.2) is 4.99 Å². The van der Waals surface area contributed by atoms with Crippen molar-refractivity contribution < 1.29 is 9.53 Å². The minimum Gasteiger partial charge on any atom is -0.379 e. The average molecular weight is 325 g/mol. The molecule has 7 nitrogen and oxygen atoms in total. The molecule has 0 aromatic carbocycles. The molecule has 23 heavy (non-hydrogen) atoms. The van der Waals surface area contributed by atoms with Gasteiger partial charge < -0.3 is 20.3 Å². The number of amides is 1. The molecule has 7 heteroatoms. The van der Waals surface area contributed by atoms with E-state index in [-0.39, 0.29) is 12.5 Å². The molecule has 2 N–H and O–H groups in total. The Kier molecular flexibility index (Phi) is 7.11. The van der Waals surface area contributed by atoms with Crippen LogP contribution in [0, 0.1) is 5.92 Å². The Morgan fingerprint density at radius 3 is 2.65 bits per heavy atom. The number of carbonyl (C=O) groups is 1. The van der Waals surface area contributed by atoms with Crippen LogP contribution in [-0.4, -0.2) is 87.7 Å². The van der Waals surface area contributed by atoms with E-state index in [2.05, 4.69) is 27.4 Å². The van der Waals surface area contributed by atoms with E-state index in [1.54, 1.807) is 19.0 Å². The lowest BCUT2D eigenvalue weighted by molar-refractivity contribution is -0.127. The molecule has 0 bridgehead atoms. The standard InChI is InChI=1S/C16H31N5O2/c1-13-11-14(13)19-16(18-12-15(22)20(2)3)17-5-4-6-21-7-9-23-10-8-21/h13-14H,4-12H2,1-3H3,(H2,17,18,19). The maximum Gasteiger partial charge on any atom is 0.243 e. The van der Waals surface area contributed by atoms with Crippen LogP contribution in [0.3, 0.4) is 0 Å². The SMILES string of the molecule is CC1CC1NC(=NCC(=O)N(C)C)NCCCN1CCOCC1. The van der Waals surface area contributed by atoms with Crippen molar-refractivity contribution in [3.63, 3.8) is 0 Å². The number of rotatable bonds is 7. The summed E-state index contributed by atoms with van der Waals surface area (Å²) in [4.78, 5) is 20.1. The van der Waals surface area contributed by atoms with Gasteiger partial charge in [0.1, 0.15) is 6.54 Å². The molecule has 1 heterocycles. The van der Waals surface area contributed by atoms with E-state index < -0.39 is 0 Å². The Morgan fingerprint density at radius 1 is 1.35 bits per heavy atom. The van der Waals surface area contributed by atoms with Gasteiger partial charge in [0.25, 0.3) is 0 Å². The summed E-state index contributed by atoms with van der Waals surface area (Å²) in [5.74, 6) is 1.47. The van der Waals surface area contributed by atoms with E-state index in [4.69, 9.17) is 4.74 Å². The molecule has 2 unspecified atom stereocenters. The second kappa shape index (κ2) is 9.08. The summed E-state index contributed by atoms with van der Waals surface area (Å²) >= 11 is 0. The molecule has 1 aliphatic carbocycles. The smallest absolute Gasteiger partial charge is 0.243 e. The number of carbonyl (C=O) groups excluding carboxylic acids is 1. The molecule has 2 fully saturated rings. The first-order chi connectivity index (χ1) is 11.1. The van der Waals surface area contributed by atoms with Crippen molar-refractivity contribution in [2.24, 2.45) is 10.9 Å². The second-order valence-electron chi connectivity index (χ2n) is 6.65. The van der Waals surface area contributed by atoms with Crippen molar-refractivity contribution >= 4 is 11.9 Å². The number of nitrogens with zero attached hydrogens (tertiary/aromatic N) is 3. The largest absolute Gasteiger partial charge is 0.379 e. The lowest BCUT2D eigenvalue weighted by Gasteiger charge is -2.26. The molecule has 1 amide bonds. The molecule has 0 aromatic heterocycles. The number of likely N-dealkylation sites (N-methyl/N-ethyl adjacent to an activating group) is 1. The minimum absolute atomic E-state index is 0.0169. The van der Waals surface area contributed by atoms with Gasteiger partial charge in [0, 0.05) is 39.8 Å². The summed E-state index contributed by atoms with van der Waals surface area (Å²) in [5.41, 5.74) is 0. The first kappa shape index (κ1) is 18.0. The molecular formula is C16H31N5O2. The van der Waals surface area contributed by atoms with Crippen LogP contribution in [0.1, 0.15) is 19.8 Å². The highest BCUT2D eigenvalue weighted by molar-refractivity contribution is 5.85. The summed E-state index contributed by atoms with van der Waals surface area (Å²) in [6, 6.07) is 0.495. The number of aliphatic imine (C=N–C) groups is 1. The van der Waals surface area contributed by atoms with Gasteiger partial charge in [-0.25, -0.2) is 4.99 Å².